The van der Waals surface area contributed by atoms with Gasteiger partial charge in [0.05, 0.1) is 23.4 Å². The molecule has 5 nitrogen and oxygen atoms in total. The minimum absolute atomic E-state index is 0.0209. The highest BCUT2D eigenvalue weighted by Gasteiger charge is 2.10. The Labute approximate surface area is 133 Å². The molecular weight excluding hydrogens is 304 g/mol. The van der Waals surface area contributed by atoms with Crippen molar-refractivity contribution in [3.05, 3.63) is 58.6 Å². The number of hydrazone groups is 1. The summed E-state index contributed by atoms with van der Waals surface area (Å²) in [4.78, 5) is 12.0. The van der Waals surface area contributed by atoms with Crippen LogP contribution in [-0.4, -0.2) is 23.8 Å². The maximum atomic E-state index is 12.0. The maximum Gasteiger partial charge on any atom is 0.272 e. The van der Waals surface area contributed by atoms with Crippen LogP contribution < -0.4 is 10.2 Å². The summed E-state index contributed by atoms with van der Waals surface area (Å²) in [6.07, 6.45) is 0. The lowest BCUT2D eigenvalue weighted by Gasteiger charge is -2.07. The minimum atomic E-state index is -0.419. The van der Waals surface area contributed by atoms with E-state index < -0.39 is 5.91 Å². The molecule has 6 heteroatoms. The van der Waals surface area contributed by atoms with E-state index in [2.05, 4.69) is 10.5 Å². The average molecular weight is 319 g/mol. The molecule has 0 aliphatic heterocycles. The molecule has 0 spiro atoms. The standard InChI is InChI=1S/C16H15ClN2O3/c1-10(12-8-7-11(22-2)9-15(12)20)18-19-16(21)13-5-3-4-6-14(13)17/h3-9,20H,1-2H3,(H,19,21). The van der Waals surface area contributed by atoms with Crippen LogP contribution in [-0.2, 0) is 0 Å². The summed E-state index contributed by atoms with van der Waals surface area (Å²) < 4.78 is 5.01. The third kappa shape index (κ3) is 3.56. The van der Waals surface area contributed by atoms with Crippen LogP contribution in [0.3, 0.4) is 0 Å². The van der Waals surface area contributed by atoms with Gasteiger partial charge in [0.2, 0.25) is 0 Å². The third-order valence-corrected chi connectivity index (χ3v) is 3.37. The number of rotatable bonds is 4. The number of hydrogen-bond acceptors (Lipinski definition) is 4. The fraction of sp³-hybridized carbons (Fsp3) is 0.125. The number of phenolic OH excluding ortho intramolecular Hbond substituents is 1. The Morgan fingerprint density at radius 2 is 1.95 bits per heavy atom. The van der Waals surface area contributed by atoms with Gasteiger partial charge in [-0.05, 0) is 31.2 Å². The molecule has 0 unspecified atom stereocenters. The van der Waals surface area contributed by atoms with Crippen LogP contribution in [0, 0.1) is 0 Å². The van der Waals surface area contributed by atoms with Crippen molar-refractivity contribution in [2.75, 3.05) is 7.11 Å². The first kappa shape index (κ1) is 15.9. The largest absolute Gasteiger partial charge is 0.507 e. The Morgan fingerprint density at radius 1 is 1.23 bits per heavy atom. The van der Waals surface area contributed by atoms with Crippen LogP contribution in [0.15, 0.2) is 47.6 Å². The van der Waals surface area contributed by atoms with Gasteiger partial charge < -0.3 is 9.84 Å². The summed E-state index contributed by atoms with van der Waals surface area (Å²) in [5.74, 6) is 0.139. The van der Waals surface area contributed by atoms with E-state index in [1.165, 1.54) is 13.2 Å². The minimum Gasteiger partial charge on any atom is -0.507 e. The third-order valence-electron chi connectivity index (χ3n) is 3.04. The molecule has 114 valence electrons. The van der Waals surface area contributed by atoms with Crippen molar-refractivity contribution in [3.8, 4) is 11.5 Å². The van der Waals surface area contributed by atoms with Crippen molar-refractivity contribution in [1.82, 2.24) is 5.43 Å². The predicted molar refractivity (Wildman–Crippen MR) is 85.8 cm³/mol. The first-order valence-corrected chi connectivity index (χ1v) is 6.87. The first-order valence-electron chi connectivity index (χ1n) is 6.49. The Balaban J connectivity index is 2.16. The Kier molecular flexibility index (Phi) is 5.01. The number of hydrogen-bond donors (Lipinski definition) is 2. The SMILES string of the molecule is COc1ccc(C(C)=NNC(=O)c2ccccc2Cl)c(O)c1. The number of amides is 1. The summed E-state index contributed by atoms with van der Waals surface area (Å²) in [5.41, 5.74) is 3.71. The van der Waals surface area contributed by atoms with E-state index in [9.17, 15) is 9.90 Å². The molecule has 0 heterocycles. The molecule has 22 heavy (non-hydrogen) atoms. The number of nitrogens with zero attached hydrogens (tertiary/aromatic N) is 1. The summed E-state index contributed by atoms with van der Waals surface area (Å²) in [6, 6.07) is 11.5. The fourth-order valence-electron chi connectivity index (χ4n) is 1.84. The number of carbonyl (C=O) groups excluding carboxylic acids is 1. The second kappa shape index (κ2) is 6.95. The number of methoxy groups -OCH3 is 1. The molecule has 1 amide bonds. The smallest absolute Gasteiger partial charge is 0.272 e. The number of carbonyl (C=O) groups is 1. The fourth-order valence-corrected chi connectivity index (χ4v) is 2.07. The van der Waals surface area contributed by atoms with Gasteiger partial charge >= 0.3 is 0 Å². The van der Waals surface area contributed by atoms with Crippen molar-refractivity contribution in [3.63, 3.8) is 0 Å². The lowest BCUT2D eigenvalue weighted by molar-refractivity contribution is 0.0955. The van der Waals surface area contributed by atoms with Crippen LogP contribution in [0.1, 0.15) is 22.8 Å². The number of phenols is 1. The van der Waals surface area contributed by atoms with Gasteiger partial charge in [-0.1, -0.05) is 23.7 Å². The lowest BCUT2D eigenvalue weighted by Crippen LogP contribution is -2.19. The predicted octanol–water partition coefficient (Wildman–Crippen LogP) is 3.21. The normalized spacial score (nSPS) is 11.1. The zero-order chi connectivity index (χ0) is 16.1. The van der Waals surface area contributed by atoms with Gasteiger partial charge in [-0.15, -0.1) is 0 Å². The number of aromatic hydroxyl groups is 1. The highest BCUT2D eigenvalue weighted by atomic mass is 35.5. The molecule has 0 radical (unpaired) electrons. The van der Waals surface area contributed by atoms with Crippen LogP contribution in [0.2, 0.25) is 5.02 Å². The average Bonchev–Trinajstić information content (AvgIpc) is 2.52. The van der Waals surface area contributed by atoms with Gasteiger partial charge in [0.25, 0.3) is 5.91 Å². The summed E-state index contributed by atoms with van der Waals surface area (Å²) in [6.45, 7) is 1.68. The molecule has 0 aromatic heterocycles. The van der Waals surface area contributed by atoms with E-state index in [-0.39, 0.29) is 5.75 Å². The second-order valence-corrected chi connectivity index (χ2v) is 4.91. The van der Waals surface area contributed by atoms with Crippen molar-refractivity contribution >= 4 is 23.2 Å². The zero-order valence-electron chi connectivity index (χ0n) is 12.1. The molecule has 2 N–H and O–H groups in total. The molecule has 0 saturated heterocycles. The summed E-state index contributed by atoms with van der Waals surface area (Å²) in [5, 5.41) is 14.3. The Bertz CT molecular complexity index is 729. The monoisotopic (exact) mass is 318 g/mol. The molecule has 2 rings (SSSR count). The highest BCUT2D eigenvalue weighted by Crippen LogP contribution is 2.23. The number of benzene rings is 2. The van der Waals surface area contributed by atoms with Gasteiger partial charge in [-0.2, -0.15) is 5.10 Å². The van der Waals surface area contributed by atoms with E-state index in [1.807, 2.05) is 0 Å². The summed E-state index contributed by atoms with van der Waals surface area (Å²) >= 11 is 5.95. The molecule has 0 aliphatic carbocycles. The topological polar surface area (TPSA) is 70.9 Å². The van der Waals surface area contributed by atoms with Gasteiger partial charge in [0.15, 0.2) is 0 Å². The molecule has 0 aliphatic rings. The van der Waals surface area contributed by atoms with Crippen LogP contribution >= 0.6 is 11.6 Å². The van der Waals surface area contributed by atoms with Crippen LogP contribution in [0.25, 0.3) is 0 Å². The zero-order valence-corrected chi connectivity index (χ0v) is 12.9. The Morgan fingerprint density at radius 3 is 2.59 bits per heavy atom. The molecule has 0 atom stereocenters. The second-order valence-electron chi connectivity index (χ2n) is 4.50. The number of halogens is 1. The Hall–Kier alpha value is -2.53. The quantitative estimate of drug-likeness (QED) is 0.671. The molecule has 2 aromatic rings. The van der Waals surface area contributed by atoms with E-state index in [4.69, 9.17) is 16.3 Å². The molecule has 0 saturated carbocycles. The van der Waals surface area contributed by atoms with Gasteiger partial charge in [0, 0.05) is 11.6 Å². The summed E-state index contributed by atoms with van der Waals surface area (Å²) in [7, 11) is 1.51. The van der Waals surface area contributed by atoms with Gasteiger partial charge in [0.1, 0.15) is 11.5 Å². The lowest BCUT2D eigenvalue weighted by atomic mass is 10.1. The van der Waals surface area contributed by atoms with Crippen LogP contribution in [0.4, 0.5) is 0 Å². The van der Waals surface area contributed by atoms with E-state index in [1.54, 1.807) is 43.3 Å². The van der Waals surface area contributed by atoms with Crippen molar-refractivity contribution in [2.45, 2.75) is 6.92 Å². The van der Waals surface area contributed by atoms with Crippen LogP contribution in [0.5, 0.6) is 11.5 Å². The highest BCUT2D eigenvalue weighted by molar-refractivity contribution is 6.33. The van der Waals surface area contributed by atoms with Crippen molar-refractivity contribution in [1.29, 1.82) is 0 Å². The van der Waals surface area contributed by atoms with Gasteiger partial charge in [-0.3, -0.25) is 4.79 Å². The molecule has 0 bridgehead atoms. The van der Waals surface area contributed by atoms with Crippen molar-refractivity contribution < 1.29 is 14.6 Å². The molecule has 2 aromatic carbocycles. The molecule has 0 fully saturated rings. The first-order chi connectivity index (χ1) is 10.5. The van der Waals surface area contributed by atoms with Crippen molar-refractivity contribution in [2.24, 2.45) is 5.10 Å². The van der Waals surface area contributed by atoms with E-state index in [0.29, 0.717) is 27.6 Å². The number of nitrogens with one attached hydrogen (secondary N) is 1. The number of ether oxygens (including phenoxy) is 1. The van der Waals surface area contributed by atoms with E-state index in [0.717, 1.165) is 0 Å². The van der Waals surface area contributed by atoms with Gasteiger partial charge in [-0.25, -0.2) is 5.43 Å². The maximum absolute atomic E-state index is 12.0. The van der Waals surface area contributed by atoms with E-state index >= 15 is 0 Å². The molecular formula is C16H15ClN2O3.